The monoisotopic (exact) mass is 325 g/mol. The number of benzene rings is 2. The van der Waals surface area contributed by atoms with Crippen molar-refractivity contribution in [2.75, 3.05) is 13.7 Å². The fourth-order valence-corrected chi connectivity index (χ4v) is 3.34. The zero-order chi connectivity index (χ0) is 16.2. The SMILES string of the molecule is Cc1ccsc1CN(C)C(=O)COc1ccc2ccccc2c1. The largest absolute Gasteiger partial charge is 0.484 e. The highest BCUT2D eigenvalue weighted by Gasteiger charge is 2.12. The van der Waals surface area contributed by atoms with Gasteiger partial charge in [-0.1, -0.05) is 30.3 Å². The number of carbonyl (C=O) groups excluding carboxylic acids is 1. The Bertz CT molecular complexity index is 825. The van der Waals surface area contributed by atoms with E-state index < -0.39 is 0 Å². The predicted octanol–water partition coefficient (Wildman–Crippen LogP) is 4.25. The number of likely N-dealkylation sites (N-methyl/N-ethyl adjacent to an activating group) is 1. The second-order valence-corrected chi connectivity index (χ2v) is 6.57. The van der Waals surface area contributed by atoms with Crippen LogP contribution in [0.5, 0.6) is 5.75 Å². The van der Waals surface area contributed by atoms with E-state index >= 15 is 0 Å². The lowest BCUT2D eigenvalue weighted by Gasteiger charge is -2.17. The molecule has 1 heterocycles. The molecule has 0 saturated carbocycles. The van der Waals surface area contributed by atoms with Crippen molar-refractivity contribution in [1.82, 2.24) is 4.90 Å². The normalized spacial score (nSPS) is 10.7. The van der Waals surface area contributed by atoms with E-state index in [1.807, 2.05) is 43.4 Å². The summed E-state index contributed by atoms with van der Waals surface area (Å²) in [6.45, 7) is 2.75. The van der Waals surface area contributed by atoms with Crippen LogP contribution in [0.25, 0.3) is 10.8 Å². The highest BCUT2D eigenvalue weighted by molar-refractivity contribution is 7.10. The van der Waals surface area contributed by atoms with Crippen LogP contribution in [0.15, 0.2) is 53.9 Å². The quantitative estimate of drug-likeness (QED) is 0.702. The predicted molar refractivity (Wildman–Crippen MR) is 95.0 cm³/mol. The number of hydrogen-bond acceptors (Lipinski definition) is 3. The van der Waals surface area contributed by atoms with Crippen molar-refractivity contribution in [1.29, 1.82) is 0 Å². The van der Waals surface area contributed by atoms with E-state index in [0.29, 0.717) is 6.54 Å². The van der Waals surface area contributed by atoms with Crippen LogP contribution in [-0.2, 0) is 11.3 Å². The number of hydrogen-bond donors (Lipinski definition) is 0. The van der Waals surface area contributed by atoms with Gasteiger partial charge in [-0.05, 0) is 46.8 Å². The number of aryl methyl sites for hydroxylation is 1. The van der Waals surface area contributed by atoms with Gasteiger partial charge in [0.15, 0.2) is 6.61 Å². The summed E-state index contributed by atoms with van der Waals surface area (Å²) in [6.07, 6.45) is 0. The maximum Gasteiger partial charge on any atom is 0.260 e. The molecule has 0 aliphatic rings. The van der Waals surface area contributed by atoms with E-state index in [1.165, 1.54) is 10.4 Å². The molecule has 23 heavy (non-hydrogen) atoms. The Kier molecular flexibility index (Phi) is 4.63. The van der Waals surface area contributed by atoms with Crippen molar-refractivity contribution >= 4 is 28.0 Å². The molecule has 118 valence electrons. The number of carbonyl (C=O) groups is 1. The van der Waals surface area contributed by atoms with Crippen molar-refractivity contribution in [3.63, 3.8) is 0 Å². The third-order valence-corrected chi connectivity index (χ3v) is 4.87. The lowest BCUT2D eigenvalue weighted by atomic mass is 10.1. The summed E-state index contributed by atoms with van der Waals surface area (Å²) in [5.41, 5.74) is 1.23. The maximum absolute atomic E-state index is 12.2. The average molecular weight is 325 g/mol. The second kappa shape index (κ2) is 6.84. The van der Waals surface area contributed by atoms with Crippen LogP contribution in [0.3, 0.4) is 0 Å². The number of thiophene rings is 1. The summed E-state index contributed by atoms with van der Waals surface area (Å²) in [5.74, 6) is 0.698. The van der Waals surface area contributed by atoms with Gasteiger partial charge in [0.05, 0.1) is 6.54 Å². The van der Waals surface area contributed by atoms with Crippen molar-refractivity contribution in [3.8, 4) is 5.75 Å². The molecular formula is C19H19NO2S. The number of ether oxygens (including phenoxy) is 1. The molecule has 0 bridgehead atoms. The van der Waals surface area contributed by atoms with Crippen LogP contribution in [0.4, 0.5) is 0 Å². The number of rotatable bonds is 5. The van der Waals surface area contributed by atoms with Gasteiger partial charge in [-0.25, -0.2) is 0 Å². The van der Waals surface area contributed by atoms with Gasteiger partial charge >= 0.3 is 0 Å². The standard InChI is InChI=1S/C19H19NO2S/c1-14-9-10-23-18(14)12-20(2)19(21)13-22-17-8-7-15-5-3-4-6-16(15)11-17/h3-11H,12-13H2,1-2H3. The van der Waals surface area contributed by atoms with Crippen molar-refractivity contribution in [2.45, 2.75) is 13.5 Å². The third-order valence-electron chi connectivity index (χ3n) is 3.86. The summed E-state index contributed by atoms with van der Waals surface area (Å²) < 4.78 is 5.66. The molecule has 0 atom stereocenters. The molecular weight excluding hydrogens is 306 g/mol. The molecule has 3 nitrogen and oxygen atoms in total. The minimum Gasteiger partial charge on any atom is -0.484 e. The highest BCUT2D eigenvalue weighted by atomic mass is 32.1. The molecule has 3 aromatic rings. The van der Waals surface area contributed by atoms with Gasteiger partial charge in [-0.2, -0.15) is 0 Å². The van der Waals surface area contributed by atoms with E-state index in [9.17, 15) is 4.79 Å². The summed E-state index contributed by atoms with van der Waals surface area (Å²) in [5, 5.41) is 4.32. The number of fused-ring (bicyclic) bond motifs is 1. The van der Waals surface area contributed by atoms with Gasteiger partial charge in [0.1, 0.15) is 5.75 Å². The van der Waals surface area contributed by atoms with Crippen LogP contribution in [0.2, 0.25) is 0 Å². The molecule has 0 aliphatic carbocycles. The smallest absolute Gasteiger partial charge is 0.260 e. The fourth-order valence-electron chi connectivity index (χ4n) is 2.38. The summed E-state index contributed by atoms with van der Waals surface area (Å²) in [4.78, 5) is 15.1. The third kappa shape index (κ3) is 3.71. The van der Waals surface area contributed by atoms with Crippen molar-refractivity contribution in [2.24, 2.45) is 0 Å². The molecule has 2 aromatic carbocycles. The van der Waals surface area contributed by atoms with E-state index in [1.54, 1.807) is 16.2 Å². The fraction of sp³-hybridized carbons (Fsp3) is 0.211. The van der Waals surface area contributed by atoms with E-state index in [-0.39, 0.29) is 12.5 Å². The molecule has 1 aromatic heterocycles. The van der Waals surface area contributed by atoms with Gasteiger partial charge in [0.2, 0.25) is 0 Å². The first-order chi connectivity index (χ1) is 11.1. The minimum absolute atomic E-state index is 0.0223. The first-order valence-corrected chi connectivity index (χ1v) is 8.40. The Morgan fingerprint density at radius 1 is 1.13 bits per heavy atom. The van der Waals surface area contributed by atoms with Crippen LogP contribution in [-0.4, -0.2) is 24.5 Å². The molecule has 0 unspecified atom stereocenters. The Labute approximate surface area is 140 Å². The maximum atomic E-state index is 12.2. The lowest BCUT2D eigenvalue weighted by Crippen LogP contribution is -2.30. The van der Waals surface area contributed by atoms with Crippen molar-refractivity contribution < 1.29 is 9.53 Å². The van der Waals surface area contributed by atoms with Crippen LogP contribution < -0.4 is 4.74 Å². The van der Waals surface area contributed by atoms with Gasteiger partial charge in [0.25, 0.3) is 5.91 Å². The Morgan fingerprint density at radius 3 is 2.65 bits per heavy atom. The molecule has 0 fully saturated rings. The Balaban J connectivity index is 1.60. The van der Waals surface area contributed by atoms with Gasteiger partial charge in [-0.15, -0.1) is 11.3 Å². The molecule has 1 amide bonds. The summed E-state index contributed by atoms with van der Waals surface area (Å²) in [7, 11) is 1.81. The molecule has 0 spiro atoms. The number of nitrogens with zero attached hydrogens (tertiary/aromatic N) is 1. The molecule has 0 aliphatic heterocycles. The van der Waals surface area contributed by atoms with Gasteiger partial charge in [0, 0.05) is 11.9 Å². The van der Waals surface area contributed by atoms with Crippen LogP contribution >= 0.6 is 11.3 Å². The molecule has 3 rings (SSSR count). The molecule has 0 saturated heterocycles. The number of amides is 1. The zero-order valence-electron chi connectivity index (χ0n) is 13.3. The first-order valence-electron chi connectivity index (χ1n) is 7.52. The summed E-state index contributed by atoms with van der Waals surface area (Å²) >= 11 is 1.68. The second-order valence-electron chi connectivity index (χ2n) is 5.57. The average Bonchev–Trinajstić information content (AvgIpc) is 2.97. The van der Waals surface area contributed by atoms with Gasteiger partial charge < -0.3 is 9.64 Å². The minimum atomic E-state index is -0.0223. The summed E-state index contributed by atoms with van der Waals surface area (Å²) in [6, 6.07) is 16.0. The topological polar surface area (TPSA) is 29.5 Å². The highest BCUT2D eigenvalue weighted by Crippen LogP contribution is 2.21. The van der Waals surface area contributed by atoms with E-state index in [2.05, 4.69) is 24.4 Å². The van der Waals surface area contributed by atoms with Crippen LogP contribution in [0, 0.1) is 6.92 Å². The lowest BCUT2D eigenvalue weighted by molar-refractivity contribution is -0.132. The Morgan fingerprint density at radius 2 is 1.91 bits per heavy atom. The molecule has 4 heteroatoms. The molecule has 0 N–H and O–H groups in total. The molecule has 0 radical (unpaired) electrons. The van der Waals surface area contributed by atoms with Gasteiger partial charge in [-0.3, -0.25) is 4.79 Å². The van der Waals surface area contributed by atoms with Crippen molar-refractivity contribution in [3.05, 3.63) is 64.4 Å². The van der Waals surface area contributed by atoms with E-state index in [0.717, 1.165) is 16.5 Å². The Hall–Kier alpha value is -2.33. The first kappa shape index (κ1) is 15.6. The van der Waals surface area contributed by atoms with Crippen LogP contribution in [0.1, 0.15) is 10.4 Å². The zero-order valence-corrected chi connectivity index (χ0v) is 14.1. The van der Waals surface area contributed by atoms with E-state index in [4.69, 9.17) is 4.74 Å².